The highest BCUT2D eigenvalue weighted by atomic mass is 32.1. The number of thiol groups is 1. The molecular weight excluding hydrogens is 182 g/mol. The molecular formula is C10H13NOS. The Morgan fingerprint density at radius 3 is 3.23 bits per heavy atom. The molecule has 0 unspecified atom stereocenters. The van der Waals surface area contributed by atoms with Crippen molar-refractivity contribution >= 4 is 12.6 Å². The van der Waals surface area contributed by atoms with E-state index in [-0.39, 0.29) is 0 Å². The molecule has 2 nitrogen and oxygen atoms in total. The van der Waals surface area contributed by atoms with Crippen molar-refractivity contribution in [2.45, 2.75) is 37.4 Å². The zero-order chi connectivity index (χ0) is 8.84. The lowest BCUT2D eigenvalue weighted by Gasteiger charge is -2.17. The van der Waals surface area contributed by atoms with E-state index < -0.39 is 0 Å². The van der Waals surface area contributed by atoms with Crippen molar-refractivity contribution in [3.05, 3.63) is 17.0 Å². The molecule has 2 atom stereocenters. The fourth-order valence-corrected chi connectivity index (χ4v) is 3.11. The third kappa shape index (κ3) is 1.06. The van der Waals surface area contributed by atoms with Gasteiger partial charge in [0.05, 0.1) is 5.69 Å². The topological polar surface area (TPSA) is 26.0 Å². The van der Waals surface area contributed by atoms with Crippen LogP contribution in [-0.4, -0.2) is 5.16 Å². The van der Waals surface area contributed by atoms with E-state index in [0.717, 1.165) is 35.5 Å². The summed E-state index contributed by atoms with van der Waals surface area (Å²) in [6, 6.07) is 0. The van der Waals surface area contributed by atoms with Crippen LogP contribution in [0.15, 0.2) is 4.52 Å². The first-order valence-corrected chi connectivity index (χ1v) is 5.60. The molecule has 0 amide bonds. The zero-order valence-electron chi connectivity index (χ0n) is 7.49. The van der Waals surface area contributed by atoms with Gasteiger partial charge in [-0.15, -0.1) is 0 Å². The van der Waals surface area contributed by atoms with Crippen LogP contribution in [0, 0.1) is 5.92 Å². The molecule has 1 aromatic heterocycles. The number of aromatic nitrogens is 1. The SMILES string of the molecule is SCc1noc2c1[C@@H]1CC[C@H](C2)C1. The van der Waals surface area contributed by atoms with Gasteiger partial charge in [0.25, 0.3) is 0 Å². The molecule has 1 aromatic rings. The summed E-state index contributed by atoms with van der Waals surface area (Å²) in [5.74, 6) is 3.49. The van der Waals surface area contributed by atoms with Crippen LogP contribution in [0.4, 0.5) is 0 Å². The van der Waals surface area contributed by atoms with Gasteiger partial charge in [0.15, 0.2) is 0 Å². The maximum atomic E-state index is 5.36. The first-order valence-electron chi connectivity index (χ1n) is 4.96. The smallest absolute Gasteiger partial charge is 0.140 e. The van der Waals surface area contributed by atoms with Crippen LogP contribution >= 0.6 is 12.6 Å². The average Bonchev–Trinajstić information content (AvgIpc) is 2.71. The zero-order valence-corrected chi connectivity index (χ0v) is 8.39. The van der Waals surface area contributed by atoms with E-state index in [2.05, 4.69) is 17.8 Å². The molecule has 0 aromatic carbocycles. The highest BCUT2D eigenvalue weighted by Gasteiger charge is 2.37. The molecule has 1 saturated carbocycles. The Balaban J connectivity index is 2.09. The quantitative estimate of drug-likeness (QED) is 0.697. The summed E-state index contributed by atoms with van der Waals surface area (Å²) in [5.41, 5.74) is 2.49. The standard InChI is InChI=1S/C10H13NOS/c13-5-8-10-7-2-1-6(3-7)4-9(10)12-11-8/h6-7,13H,1-5H2/t6-,7+/m0/s1. The Morgan fingerprint density at radius 1 is 1.46 bits per heavy atom. The Labute approximate surface area is 83.1 Å². The lowest BCUT2D eigenvalue weighted by atomic mass is 9.86. The van der Waals surface area contributed by atoms with Crippen molar-refractivity contribution in [3.8, 4) is 0 Å². The van der Waals surface area contributed by atoms with Crippen LogP contribution in [0.25, 0.3) is 0 Å². The van der Waals surface area contributed by atoms with Crippen molar-refractivity contribution in [2.75, 3.05) is 0 Å². The van der Waals surface area contributed by atoms with Gasteiger partial charge >= 0.3 is 0 Å². The van der Waals surface area contributed by atoms with Crippen LogP contribution in [0.3, 0.4) is 0 Å². The molecule has 13 heavy (non-hydrogen) atoms. The maximum absolute atomic E-state index is 5.36. The van der Waals surface area contributed by atoms with Crippen molar-refractivity contribution in [3.63, 3.8) is 0 Å². The van der Waals surface area contributed by atoms with E-state index in [1.165, 1.54) is 24.8 Å². The Hall–Kier alpha value is -0.440. The molecule has 3 rings (SSSR count). The first kappa shape index (κ1) is 7.92. The molecule has 1 fully saturated rings. The van der Waals surface area contributed by atoms with Gasteiger partial charge in [0.2, 0.25) is 0 Å². The van der Waals surface area contributed by atoms with Crippen LogP contribution < -0.4 is 0 Å². The summed E-state index contributed by atoms with van der Waals surface area (Å²) < 4.78 is 5.36. The lowest BCUT2D eigenvalue weighted by molar-refractivity contribution is 0.346. The van der Waals surface area contributed by atoms with E-state index in [1.54, 1.807) is 0 Å². The van der Waals surface area contributed by atoms with Crippen molar-refractivity contribution in [2.24, 2.45) is 5.92 Å². The number of fused-ring (bicyclic) bond motifs is 4. The fraction of sp³-hybridized carbons (Fsp3) is 0.700. The molecule has 0 saturated heterocycles. The van der Waals surface area contributed by atoms with Crippen molar-refractivity contribution < 1.29 is 4.52 Å². The molecule has 0 N–H and O–H groups in total. The summed E-state index contributed by atoms with van der Waals surface area (Å²) in [5, 5.41) is 4.08. The molecule has 3 heteroatoms. The minimum Gasteiger partial charge on any atom is -0.361 e. The second kappa shape index (κ2) is 2.77. The maximum Gasteiger partial charge on any atom is 0.140 e. The van der Waals surface area contributed by atoms with Crippen molar-refractivity contribution in [1.82, 2.24) is 5.16 Å². The summed E-state index contributed by atoms with van der Waals surface area (Å²) in [4.78, 5) is 0. The number of nitrogens with zero attached hydrogens (tertiary/aromatic N) is 1. The lowest BCUT2D eigenvalue weighted by Crippen LogP contribution is -2.09. The van der Waals surface area contributed by atoms with Gasteiger partial charge in [-0.1, -0.05) is 5.16 Å². The van der Waals surface area contributed by atoms with Crippen LogP contribution in [-0.2, 0) is 12.2 Å². The molecule has 2 aliphatic carbocycles. The minimum atomic E-state index is 0.722. The Bertz CT molecular complexity index is 334. The number of rotatable bonds is 1. The second-order valence-corrected chi connectivity index (χ2v) is 4.52. The highest BCUT2D eigenvalue weighted by molar-refractivity contribution is 7.79. The van der Waals surface area contributed by atoms with Crippen LogP contribution in [0.1, 0.15) is 42.2 Å². The Kier molecular flexibility index (Phi) is 1.69. The van der Waals surface area contributed by atoms with Gasteiger partial charge in [0.1, 0.15) is 5.76 Å². The summed E-state index contributed by atoms with van der Waals surface area (Å²) in [6.45, 7) is 0. The highest BCUT2D eigenvalue weighted by Crippen LogP contribution is 2.47. The minimum absolute atomic E-state index is 0.722. The largest absolute Gasteiger partial charge is 0.361 e. The van der Waals surface area contributed by atoms with E-state index in [9.17, 15) is 0 Å². The summed E-state index contributed by atoms with van der Waals surface area (Å²) >= 11 is 4.28. The molecule has 0 spiro atoms. The summed E-state index contributed by atoms with van der Waals surface area (Å²) in [6.07, 6.45) is 5.18. The monoisotopic (exact) mass is 195 g/mol. The van der Waals surface area contributed by atoms with Crippen molar-refractivity contribution in [1.29, 1.82) is 0 Å². The number of hydrogen-bond acceptors (Lipinski definition) is 3. The molecule has 0 radical (unpaired) electrons. The van der Waals surface area contributed by atoms with E-state index in [4.69, 9.17) is 4.52 Å². The van der Waals surface area contributed by atoms with Gasteiger partial charge in [-0.05, 0) is 31.1 Å². The second-order valence-electron chi connectivity index (χ2n) is 4.20. The van der Waals surface area contributed by atoms with E-state index >= 15 is 0 Å². The van der Waals surface area contributed by atoms with Gasteiger partial charge in [-0.2, -0.15) is 12.6 Å². The van der Waals surface area contributed by atoms with Gasteiger partial charge in [0, 0.05) is 17.7 Å². The first-order chi connectivity index (χ1) is 6.38. The third-order valence-electron chi connectivity index (χ3n) is 3.45. The fourth-order valence-electron chi connectivity index (χ4n) is 2.88. The molecule has 2 aliphatic rings. The molecule has 2 bridgehead atoms. The average molecular weight is 195 g/mol. The van der Waals surface area contributed by atoms with Crippen LogP contribution in [0.5, 0.6) is 0 Å². The number of hydrogen-bond donors (Lipinski definition) is 1. The Morgan fingerprint density at radius 2 is 2.38 bits per heavy atom. The van der Waals surface area contributed by atoms with E-state index in [0.29, 0.717) is 0 Å². The third-order valence-corrected chi connectivity index (χ3v) is 3.75. The van der Waals surface area contributed by atoms with Gasteiger partial charge in [-0.25, -0.2) is 0 Å². The van der Waals surface area contributed by atoms with Crippen LogP contribution in [0.2, 0.25) is 0 Å². The predicted molar refractivity (Wildman–Crippen MR) is 53.0 cm³/mol. The van der Waals surface area contributed by atoms with E-state index in [1.807, 2.05) is 0 Å². The van der Waals surface area contributed by atoms with Gasteiger partial charge < -0.3 is 4.52 Å². The normalized spacial score (nSPS) is 30.5. The van der Waals surface area contributed by atoms with Gasteiger partial charge in [-0.3, -0.25) is 0 Å². The molecule has 1 heterocycles. The predicted octanol–water partition coefficient (Wildman–Crippen LogP) is 2.54. The molecule has 70 valence electrons. The molecule has 0 aliphatic heterocycles. The summed E-state index contributed by atoms with van der Waals surface area (Å²) in [7, 11) is 0.